The number of hydrogen-bond donors (Lipinski definition) is 0. The number of halogens is 3. The molecule has 164 valence electrons. The zero-order chi connectivity index (χ0) is 22.1. The molecule has 0 saturated carbocycles. The Kier molecular flexibility index (Phi) is 5.71. The number of rotatable bonds is 5. The number of nitrogens with zero attached hydrogens (tertiary/aromatic N) is 4. The zero-order valence-electron chi connectivity index (χ0n) is 16.2. The number of sulfonamides is 1. The van der Waals surface area contributed by atoms with Gasteiger partial charge in [0, 0.05) is 12.6 Å². The predicted octanol–water partition coefficient (Wildman–Crippen LogP) is 3.38. The van der Waals surface area contributed by atoms with Gasteiger partial charge in [-0.05, 0) is 30.5 Å². The third kappa shape index (κ3) is 4.72. The molecule has 0 amide bonds. The standard InChI is InChI=1S/C20H19F3N4O3S/c21-20(22,23)30-17-8-4-5-9-18(17)31(28,29)27-13-19-25-24-14-26(19)11-10-16(27)12-15-6-2-1-3-7-15/h1-9,14,16H,10-13H2. The summed E-state index contributed by atoms with van der Waals surface area (Å²) in [5, 5.41) is 7.82. The van der Waals surface area contributed by atoms with Crippen LogP contribution in [-0.2, 0) is 29.5 Å². The Hall–Kier alpha value is -2.92. The van der Waals surface area contributed by atoms with Crippen LogP contribution in [0.5, 0.6) is 5.75 Å². The maximum Gasteiger partial charge on any atom is 0.573 e. The van der Waals surface area contributed by atoms with Gasteiger partial charge >= 0.3 is 6.36 Å². The molecule has 0 bridgehead atoms. The Morgan fingerprint density at radius 3 is 2.52 bits per heavy atom. The van der Waals surface area contributed by atoms with Crippen molar-refractivity contribution in [1.29, 1.82) is 0 Å². The fourth-order valence-electron chi connectivity index (χ4n) is 3.66. The van der Waals surface area contributed by atoms with Crippen LogP contribution in [0.3, 0.4) is 0 Å². The van der Waals surface area contributed by atoms with E-state index in [1.54, 1.807) is 4.57 Å². The van der Waals surface area contributed by atoms with Gasteiger partial charge in [0.05, 0.1) is 6.54 Å². The second-order valence-electron chi connectivity index (χ2n) is 7.12. The summed E-state index contributed by atoms with van der Waals surface area (Å²) in [7, 11) is -4.35. The van der Waals surface area contributed by atoms with Gasteiger partial charge < -0.3 is 9.30 Å². The highest BCUT2D eigenvalue weighted by atomic mass is 32.2. The van der Waals surface area contributed by atoms with Crippen molar-refractivity contribution in [3.63, 3.8) is 0 Å². The van der Waals surface area contributed by atoms with E-state index in [1.165, 1.54) is 22.8 Å². The van der Waals surface area contributed by atoms with Crippen molar-refractivity contribution in [3.8, 4) is 5.75 Å². The molecule has 0 fully saturated rings. The SMILES string of the molecule is O=S(=O)(c1ccccc1OC(F)(F)F)N1Cc2nncn2CCC1Cc1ccccc1. The summed E-state index contributed by atoms with van der Waals surface area (Å²) < 4.78 is 72.8. The lowest BCUT2D eigenvalue weighted by molar-refractivity contribution is -0.275. The van der Waals surface area contributed by atoms with E-state index < -0.39 is 33.1 Å². The summed E-state index contributed by atoms with van der Waals surface area (Å²) in [6, 6.07) is 13.6. The average molecular weight is 452 g/mol. The number of ether oxygens (including phenoxy) is 1. The van der Waals surface area contributed by atoms with Gasteiger partial charge in [-0.1, -0.05) is 42.5 Å². The first-order chi connectivity index (χ1) is 14.7. The molecule has 2 aromatic carbocycles. The number of aryl methyl sites for hydroxylation is 1. The summed E-state index contributed by atoms with van der Waals surface area (Å²) in [4.78, 5) is -0.543. The quantitative estimate of drug-likeness (QED) is 0.593. The van der Waals surface area contributed by atoms with Crippen molar-refractivity contribution in [2.45, 2.75) is 43.2 Å². The molecule has 7 nitrogen and oxygen atoms in total. The van der Waals surface area contributed by atoms with Crippen molar-refractivity contribution in [2.75, 3.05) is 0 Å². The largest absolute Gasteiger partial charge is 0.573 e. The van der Waals surface area contributed by atoms with E-state index in [-0.39, 0.29) is 6.54 Å². The van der Waals surface area contributed by atoms with Gasteiger partial charge in [-0.15, -0.1) is 23.4 Å². The average Bonchev–Trinajstić information content (AvgIpc) is 3.09. The summed E-state index contributed by atoms with van der Waals surface area (Å²) in [6.07, 6.45) is -2.65. The lowest BCUT2D eigenvalue weighted by atomic mass is 10.0. The summed E-state index contributed by atoms with van der Waals surface area (Å²) >= 11 is 0. The van der Waals surface area contributed by atoms with Gasteiger partial charge in [-0.25, -0.2) is 8.42 Å². The number of fused-ring (bicyclic) bond motifs is 1. The van der Waals surface area contributed by atoms with Gasteiger partial charge in [0.15, 0.2) is 0 Å². The van der Waals surface area contributed by atoms with Crippen LogP contribution in [0.15, 0.2) is 65.8 Å². The van der Waals surface area contributed by atoms with Crippen molar-refractivity contribution in [1.82, 2.24) is 19.1 Å². The Balaban J connectivity index is 1.75. The molecule has 0 radical (unpaired) electrons. The second kappa shape index (κ2) is 8.31. The first-order valence-corrected chi connectivity index (χ1v) is 11.0. The first kappa shape index (κ1) is 21.3. The number of alkyl halides is 3. The van der Waals surface area contributed by atoms with Crippen molar-refractivity contribution < 1.29 is 26.3 Å². The molecule has 0 aliphatic carbocycles. The molecule has 0 saturated heterocycles. The number of para-hydroxylation sites is 1. The third-order valence-electron chi connectivity index (χ3n) is 5.08. The highest BCUT2D eigenvalue weighted by Crippen LogP contribution is 2.34. The monoisotopic (exact) mass is 452 g/mol. The van der Waals surface area contributed by atoms with Gasteiger partial charge in [0.25, 0.3) is 0 Å². The van der Waals surface area contributed by atoms with Crippen LogP contribution in [-0.4, -0.2) is 39.9 Å². The Labute approximate surface area is 177 Å². The summed E-state index contributed by atoms with van der Waals surface area (Å²) in [5.41, 5.74) is 0.921. The molecular formula is C20H19F3N4O3S. The lowest BCUT2D eigenvalue weighted by Gasteiger charge is -2.29. The van der Waals surface area contributed by atoms with E-state index in [1.807, 2.05) is 30.3 Å². The minimum absolute atomic E-state index is 0.111. The fourth-order valence-corrected chi connectivity index (χ4v) is 5.38. The van der Waals surface area contributed by atoms with Crippen LogP contribution in [0.25, 0.3) is 0 Å². The van der Waals surface area contributed by atoms with E-state index in [4.69, 9.17) is 0 Å². The van der Waals surface area contributed by atoms with Gasteiger partial charge in [0.2, 0.25) is 10.0 Å². The van der Waals surface area contributed by atoms with Gasteiger partial charge in [-0.3, -0.25) is 0 Å². The Morgan fingerprint density at radius 2 is 1.77 bits per heavy atom. The second-order valence-corrected chi connectivity index (χ2v) is 8.98. The summed E-state index contributed by atoms with van der Waals surface area (Å²) in [6.45, 7) is 0.382. The molecule has 3 aromatic rings. The number of benzene rings is 2. The molecule has 0 N–H and O–H groups in total. The molecular weight excluding hydrogens is 433 g/mol. The first-order valence-electron chi connectivity index (χ1n) is 9.51. The molecule has 2 heterocycles. The highest BCUT2D eigenvalue weighted by molar-refractivity contribution is 7.89. The third-order valence-corrected chi connectivity index (χ3v) is 7.02. The van der Waals surface area contributed by atoms with Crippen LogP contribution in [0, 0.1) is 0 Å². The molecule has 1 aliphatic rings. The number of aromatic nitrogens is 3. The van der Waals surface area contributed by atoms with Crippen LogP contribution in [0.1, 0.15) is 17.8 Å². The molecule has 11 heteroatoms. The maximum atomic E-state index is 13.6. The smallest absolute Gasteiger partial charge is 0.404 e. The number of hydrogen-bond acceptors (Lipinski definition) is 5. The molecule has 0 spiro atoms. The lowest BCUT2D eigenvalue weighted by Crippen LogP contribution is -2.40. The minimum atomic E-state index is -5.02. The van der Waals surface area contributed by atoms with E-state index in [0.717, 1.165) is 17.7 Å². The molecule has 1 aliphatic heterocycles. The minimum Gasteiger partial charge on any atom is -0.404 e. The highest BCUT2D eigenvalue weighted by Gasteiger charge is 2.39. The predicted molar refractivity (Wildman–Crippen MR) is 104 cm³/mol. The van der Waals surface area contributed by atoms with Crippen LogP contribution >= 0.6 is 0 Å². The van der Waals surface area contributed by atoms with Crippen LogP contribution in [0.2, 0.25) is 0 Å². The van der Waals surface area contributed by atoms with Crippen molar-refractivity contribution in [3.05, 3.63) is 72.3 Å². The topological polar surface area (TPSA) is 77.3 Å². The fraction of sp³-hybridized carbons (Fsp3) is 0.300. The molecule has 4 rings (SSSR count). The van der Waals surface area contributed by atoms with Gasteiger partial charge in [-0.2, -0.15) is 4.31 Å². The van der Waals surface area contributed by atoms with E-state index in [2.05, 4.69) is 14.9 Å². The van der Waals surface area contributed by atoms with Crippen LogP contribution in [0.4, 0.5) is 13.2 Å². The summed E-state index contributed by atoms with van der Waals surface area (Å²) in [5.74, 6) is -0.340. The maximum absolute atomic E-state index is 13.6. The Morgan fingerprint density at radius 1 is 1.06 bits per heavy atom. The van der Waals surface area contributed by atoms with Crippen LogP contribution < -0.4 is 4.74 Å². The van der Waals surface area contributed by atoms with E-state index >= 15 is 0 Å². The van der Waals surface area contributed by atoms with E-state index in [9.17, 15) is 21.6 Å². The molecule has 31 heavy (non-hydrogen) atoms. The normalized spacial score (nSPS) is 17.7. The Bertz CT molecular complexity index is 1150. The zero-order valence-corrected chi connectivity index (χ0v) is 17.1. The molecule has 1 aromatic heterocycles. The molecule has 1 unspecified atom stereocenters. The van der Waals surface area contributed by atoms with Crippen molar-refractivity contribution in [2.24, 2.45) is 0 Å². The van der Waals surface area contributed by atoms with Crippen molar-refractivity contribution >= 4 is 10.0 Å². The van der Waals surface area contributed by atoms with Gasteiger partial charge in [0.1, 0.15) is 22.8 Å². The van der Waals surface area contributed by atoms with E-state index in [0.29, 0.717) is 25.2 Å². The molecule has 1 atom stereocenters.